The Morgan fingerprint density at radius 1 is 0.381 bits per heavy atom. The van der Waals surface area contributed by atoms with E-state index in [4.69, 9.17) is 29.7 Å². The smallest absolute Gasteiger partial charge is 0.290 e. The van der Waals surface area contributed by atoms with Crippen molar-refractivity contribution >= 4 is 19.7 Å². The SMILES string of the molecule is C=O.CCCCCC(CCCCC)CCCCCCCCCCC(CCCCCCCCCCC(CCCCC)CCCCC)CCCN1CCN(C)CC1.CO.O=CO.O=CO. The monoisotopic (exact) mass is 899 g/mol. The molecule has 0 aliphatic carbocycles. The molecule has 0 aromatic carbocycles. The Hall–Kier alpha value is -1.51. The Bertz CT molecular complexity index is 742. The molecule has 0 bridgehead atoms. The van der Waals surface area contributed by atoms with Crippen LogP contribution >= 0.6 is 0 Å². The van der Waals surface area contributed by atoms with E-state index in [0.29, 0.717) is 0 Å². The minimum Gasteiger partial charge on any atom is -0.483 e. The lowest BCUT2D eigenvalue weighted by Crippen LogP contribution is -2.44. The Morgan fingerprint density at radius 3 is 0.794 bits per heavy atom. The third-order valence-corrected chi connectivity index (χ3v) is 13.5. The van der Waals surface area contributed by atoms with Crippen LogP contribution in [0.25, 0.3) is 0 Å². The van der Waals surface area contributed by atoms with Crippen molar-refractivity contribution in [1.82, 2.24) is 9.80 Å². The zero-order valence-corrected chi connectivity index (χ0v) is 43.5. The minimum absolute atomic E-state index is 0.250. The fraction of sp³-hybridized carbons (Fsp3) is 0.945. The average Bonchev–Trinajstić information content (AvgIpc) is 3.29. The summed E-state index contributed by atoms with van der Waals surface area (Å²) < 4.78 is 0. The van der Waals surface area contributed by atoms with Crippen molar-refractivity contribution in [2.75, 3.05) is 46.9 Å². The van der Waals surface area contributed by atoms with Gasteiger partial charge in [0, 0.05) is 33.3 Å². The van der Waals surface area contributed by atoms with E-state index in [1.54, 1.807) is 0 Å². The molecule has 0 aromatic rings. The van der Waals surface area contributed by atoms with Crippen LogP contribution in [-0.4, -0.2) is 91.7 Å². The van der Waals surface area contributed by atoms with Crippen LogP contribution in [-0.2, 0) is 14.4 Å². The molecule has 0 radical (unpaired) electrons. The van der Waals surface area contributed by atoms with Crippen molar-refractivity contribution in [3.63, 3.8) is 0 Å². The van der Waals surface area contributed by atoms with Gasteiger partial charge in [-0.3, -0.25) is 9.59 Å². The largest absolute Gasteiger partial charge is 0.483 e. The molecule has 63 heavy (non-hydrogen) atoms. The summed E-state index contributed by atoms with van der Waals surface area (Å²) in [4.78, 5) is 30.0. The molecular formula is C55H114N2O6. The summed E-state index contributed by atoms with van der Waals surface area (Å²) in [5.74, 6) is 3.05. The number of hydrogen-bond acceptors (Lipinski definition) is 6. The zero-order chi connectivity index (χ0) is 47.7. The highest BCUT2D eigenvalue weighted by atomic mass is 16.3. The molecule has 0 amide bonds. The molecule has 0 unspecified atom stereocenters. The highest BCUT2D eigenvalue weighted by Crippen LogP contribution is 2.27. The van der Waals surface area contributed by atoms with Crippen LogP contribution < -0.4 is 0 Å². The maximum absolute atomic E-state index is 8.36. The first-order chi connectivity index (χ1) is 30.9. The van der Waals surface area contributed by atoms with E-state index >= 15 is 0 Å². The first-order valence-electron chi connectivity index (χ1n) is 27.3. The van der Waals surface area contributed by atoms with E-state index in [0.717, 1.165) is 24.9 Å². The van der Waals surface area contributed by atoms with Crippen molar-refractivity contribution in [3.05, 3.63) is 0 Å². The van der Waals surface area contributed by atoms with E-state index in [9.17, 15) is 0 Å². The molecule has 3 N–H and O–H groups in total. The molecular weight excluding hydrogens is 785 g/mol. The van der Waals surface area contributed by atoms with Gasteiger partial charge in [-0.15, -0.1) is 0 Å². The first-order valence-corrected chi connectivity index (χ1v) is 27.3. The molecule has 0 spiro atoms. The van der Waals surface area contributed by atoms with Gasteiger partial charge in [0.25, 0.3) is 12.9 Å². The van der Waals surface area contributed by atoms with Gasteiger partial charge >= 0.3 is 0 Å². The van der Waals surface area contributed by atoms with Crippen molar-refractivity contribution in [1.29, 1.82) is 0 Å². The van der Waals surface area contributed by atoms with Crippen LogP contribution in [0, 0.1) is 17.8 Å². The van der Waals surface area contributed by atoms with Crippen LogP contribution in [0.3, 0.4) is 0 Å². The van der Waals surface area contributed by atoms with Crippen LogP contribution in [0.5, 0.6) is 0 Å². The van der Waals surface area contributed by atoms with Gasteiger partial charge < -0.3 is 29.9 Å². The molecule has 1 fully saturated rings. The first kappa shape index (κ1) is 68.1. The van der Waals surface area contributed by atoms with E-state index in [1.807, 2.05) is 6.79 Å². The number of piperazine rings is 1. The predicted octanol–water partition coefficient (Wildman–Crippen LogP) is 15.8. The standard InChI is InChI=1S/C51H104N2.2CH2O2.CH4O.CH2O/c1-6-10-26-35-49(36-27-11-7-2)39-30-22-18-14-16-20-24-32-41-51(43-34-44-53-47-45-52(5)46-48-53)42-33-25-21-17-15-19-23-31-40-50(37-28-12-8-3)38-29-13-9-4;2*2-1-3;2*1-2/h49-51H,6-48H2,1-5H3;2*1H,(H,2,3);2H,1H3;1H2. The van der Waals surface area contributed by atoms with Crippen molar-refractivity contribution in [2.24, 2.45) is 17.8 Å². The van der Waals surface area contributed by atoms with Crippen molar-refractivity contribution < 1.29 is 29.7 Å². The highest BCUT2D eigenvalue weighted by molar-refractivity contribution is 5.33. The van der Waals surface area contributed by atoms with E-state index in [-0.39, 0.29) is 12.9 Å². The topological polar surface area (TPSA) is 118 Å². The number of aliphatic hydroxyl groups excluding tert-OH is 1. The van der Waals surface area contributed by atoms with Gasteiger partial charge in [-0.1, -0.05) is 259 Å². The summed E-state index contributed by atoms with van der Waals surface area (Å²) in [7, 11) is 3.29. The summed E-state index contributed by atoms with van der Waals surface area (Å²) in [6, 6.07) is 0. The third kappa shape index (κ3) is 56.6. The van der Waals surface area contributed by atoms with Crippen molar-refractivity contribution in [2.45, 2.75) is 272 Å². The molecule has 8 nitrogen and oxygen atoms in total. The Kier molecular flexibility index (Phi) is 67.6. The number of hydrogen-bond donors (Lipinski definition) is 3. The second-order valence-electron chi connectivity index (χ2n) is 18.9. The maximum atomic E-state index is 8.36. The van der Waals surface area contributed by atoms with Gasteiger partial charge in [0.15, 0.2) is 0 Å². The van der Waals surface area contributed by atoms with Gasteiger partial charge in [-0.25, -0.2) is 0 Å². The number of rotatable bonds is 42. The summed E-state index contributed by atoms with van der Waals surface area (Å²) in [5.41, 5.74) is 0. The number of likely N-dealkylation sites (N-methyl/N-ethyl adjacent to an activating group) is 1. The van der Waals surface area contributed by atoms with Crippen LogP contribution in [0.2, 0.25) is 0 Å². The van der Waals surface area contributed by atoms with Crippen molar-refractivity contribution in [3.8, 4) is 0 Å². The number of carboxylic acid groups (broad SMARTS) is 2. The molecule has 0 saturated carbocycles. The third-order valence-electron chi connectivity index (χ3n) is 13.5. The fourth-order valence-electron chi connectivity index (χ4n) is 9.56. The number of aliphatic hydroxyl groups is 1. The minimum atomic E-state index is -0.250. The van der Waals surface area contributed by atoms with E-state index < -0.39 is 0 Å². The Morgan fingerprint density at radius 2 is 0.571 bits per heavy atom. The maximum Gasteiger partial charge on any atom is 0.290 e. The Balaban J connectivity index is -0.00000159. The van der Waals surface area contributed by atoms with E-state index in [2.05, 4.69) is 44.5 Å². The average molecular weight is 900 g/mol. The summed E-state index contributed by atoms with van der Waals surface area (Å²) >= 11 is 0. The van der Waals surface area contributed by atoms with Gasteiger partial charge in [0.2, 0.25) is 0 Å². The predicted molar refractivity (Wildman–Crippen MR) is 275 cm³/mol. The second-order valence-corrected chi connectivity index (χ2v) is 18.9. The van der Waals surface area contributed by atoms with Gasteiger partial charge in [-0.05, 0) is 44.2 Å². The number of nitrogens with zero attached hydrogens (tertiary/aromatic N) is 2. The lowest BCUT2D eigenvalue weighted by atomic mass is 9.89. The lowest BCUT2D eigenvalue weighted by Gasteiger charge is -2.32. The highest BCUT2D eigenvalue weighted by Gasteiger charge is 2.15. The van der Waals surface area contributed by atoms with Gasteiger partial charge in [0.05, 0.1) is 0 Å². The summed E-state index contributed by atoms with van der Waals surface area (Å²) in [6.07, 6.45) is 56.1. The summed E-state index contributed by atoms with van der Waals surface area (Å²) in [5, 5.41) is 20.8. The lowest BCUT2D eigenvalue weighted by molar-refractivity contribution is -0.123. The van der Waals surface area contributed by atoms with E-state index in [1.165, 1.54) is 277 Å². The number of carbonyl (C=O) groups excluding carboxylic acids is 1. The molecule has 1 saturated heterocycles. The van der Waals surface area contributed by atoms with Crippen LogP contribution in [0.4, 0.5) is 0 Å². The van der Waals surface area contributed by atoms with Gasteiger partial charge in [0.1, 0.15) is 6.79 Å². The second kappa shape index (κ2) is 62.6. The zero-order valence-electron chi connectivity index (χ0n) is 43.5. The number of unbranched alkanes of at least 4 members (excludes halogenated alkanes) is 22. The normalized spacial score (nSPS) is 12.7. The summed E-state index contributed by atoms with van der Waals surface area (Å²) in [6.45, 7) is 17.4. The molecule has 1 heterocycles. The number of carbonyl (C=O) groups is 3. The molecule has 1 aliphatic rings. The molecule has 0 aromatic heterocycles. The van der Waals surface area contributed by atoms with Crippen LogP contribution in [0.1, 0.15) is 272 Å². The molecule has 380 valence electrons. The quantitative estimate of drug-likeness (QED) is 0.0409. The van der Waals surface area contributed by atoms with Crippen LogP contribution in [0.15, 0.2) is 0 Å². The molecule has 1 rings (SSSR count). The fourth-order valence-corrected chi connectivity index (χ4v) is 9.56. The van der Waals surface area contributed by atoms with Gasteiger partial charge in [-0.2, -0.15) is 0 Å². The molecule has 8 heteroatoms. The molecule has 1 aliphatic heterocycles. The Labute approximate surface area is 394 Å². The molecule has 0 atom stereocenters.